The first-order chi connectivity index (χ1) is 23.6. The van der Waals surface area contributed by atoms with E-state index in [0.717, 1.165) is 51.3 Å². The molecule has 0 unspecified atom stereocenters. The molecular formula is C37H50FN7O4. The largest absolute Gasteiger partial charge is 0.462 e. The van der Waals surface area contributed by atoms with Crippen LogP contribution in [0.5, 0.6) is 0 Å². The molecule has 0 radical (unpaired) electrons. The van der Waals surface area contributed by atoms with Crippen molar-refractivity contribution in [3.63, 3.8) is 0 Å². The van der Waals surface area contributed by atoms with Gasteiger partial charge in [-0.25, -0.2) is 19.2 Å². The summed E-state index contributed by atoms with van der Waals surface area (Å²) in [6.07, 6.45) is 8.78. The van der Waals surface area contributed by atoms with E-state index in [9.17, 15) is 19.1 Å². The van der Waals surface area contributed by atoms with Crippen molar-refractivity contribution in [2.75, 3.05) is 56.5 Å². The summed E-state index contributed by atoms with van der Waals surface area (Å²) in [6.45, 7) is 14.7. The molecule has 2 fully saturated rings. The summed E-state index contributed by atoms with van der Waals surface area (Å²) >= 11 is 0. The Morgan fingerprint density at radius 3 is 2.53 bits per heavy atom. The lowest BCUT2D eigenvalue weighted by atomic mass is 9.90. The second-order valence-corrected chi connectivity index (χ2v) is 12.9. The molecule has 0 atom stereocenters. The van der Waals surface area contributed by atoms with E-state index in [1.54, 1.807) is 32.1 Å². The van der Waals surface area contributed by atoms with Crippen LogP contribution in [-0.2, 0) is 16.0 Å². The standard InChI is InChI=1S/C35H44FN7O4.C2H6/c1-4-47-34(45)29-23(3)28(40-27(29)10-15-42-16-11-35(46,12-17-42)20-43-13-6-5-7-14-43)19-25-30-31(37-21-38-32(30)41-33(25)44)39-24-8-9-26(36)22(2)18-24;1-2/h8-9,18-19,21,40,46H,4-7,10-17,20H2,1-3H3,(H2,37,38,39,41,44);1-2H3/b25-19-;. The van der Waals surface area contributed by atoms with Crippen LogP contribution in [0.3, 0.4) is 0 Å². The quantitative estimate of drug-likeness (QED) is 0.154. The topological polar surface area (TPSA) is 136 Å². The molecule has 5 heterocycles. The Morgan fingerprint density at radius 1 is 1.10 bits per heavy atom. The molecule has 49 heavy (non-hydrogen) atoms. The van der Waals surface area contributed by atoms with Gasteiger partial charge in [0.2, 0.25) is 0 Å². The number of H-pyrrole nitrogens is 1. The Hall–Kier alpha value is -4.13. The van der Waals surface area contributed by atoms with Gasteiger partial charge in [0.05, 0.1) is 28.9 Å². The summed E-state index contributed by atoms with van der Waals surface area (Å²) in [4.78, 5) is 43.2. The highest BCUT2D eigenvalue weighted by molar-refractivity contribution is 6.35. The minimum Gasteiger partial charge on any atom is -0.462 e. The monoisotopic (exact) mass is 675 g/mol. The Morgan fingerprint density at radius 2 is 1.84 bits per heavy atom. The van der Waals surface area contributed by atoms with Crippen LogP contribution in [0.1, 0.15) is 91.3 Å². The molecule has 2 saturated heterocycles. The Kier molecular flexibility index (Phi) is 11.8. The highest BCUT2D eigenvalue weighted by atomic mass is 19.1. The van der Waals surface area contributed by atoms with Gasteiger partial charge in [0, 0.05) is 49.7 Å². The number of piperidine rings is 2. The molecule has 1 aromatic carbocycles. The number of aliphatic hydroxyl groups is 1. The van der Waals surface area contributed by atoms with Gasteiger partial charge < -0.3 is 35.3 Å². The zero-order chi connectivity index (χ0) is 35.1. The van der Waals surface area contributed by atoms with Crippen molar-refractivity contribution in [3.05, 3.63) is 64.0 Å². The molecule has 0 saturated carbocycles. The number of halogens is 1. The molecule has 3 aliphatic heterocycles. The Labute approximate surface area is 288 Å². The van der Waals surface area contributed by atoms with Crippen LogP contribution in [0.4, 0.5) is 21.7 Å². The second kappa shape index (κ2) is 16.1. The Bertz CT molecular complexity index is 1670. The molecule has 264 valence electrons. The average molecular weight is 676 g/mol. The first-order valence-electron chi connectivity index (χ1n) is 17.6. The lowest BCUT2D eigenvalue weighted by Crippen LogP contribution is -2.52. The summed E-state index contributed by atoms with van der Waals surface area (Å²) in [7, 11) is 0. The number of esters is 1. The van der Waals surface area contributed by atoms with E-state index in [0.29, 0.717) is 63.8 Å². The zero-order valence-corrected chi connectivity index (χ0v) is 29.4. The van der Waals surface area contributed by atoms with Crippen LogP contribution >= 0.6 is 0 Å². The first kappa shape index (κ1) is 36.2. The SMILES string of the molecule is CC.CCOC(=O)c1c(CCN2CCC(O)(CN3CCCCC3)CC2)[nH]c(/C=C2\C(=O)Nc3ncnc(Nc4ccc(F)c(C)c4)c32)c1C. The number of hydrogen-bond acceptors (Lipinski definition) is 9. The maximum absolute atomic E-state index is 13.9. The molecule has 1 amide bonds. The summed E-state index contributed by atoms with van der Waals surface area (Å²) < 4.78 is 19.3. The van der Waals surface area contributed by atoms with Gasteiger partial charge in [-0.3, -0.25) is 4.79 Å². The molecule has 0 spiro atoms. The van der Waals surface area contributed by atoms with Gasteiger partial charge in [0.1, 0.15) is 23.8 Å². The fourth-order valence-electron chi connectivity index (χ4n) is 6.91. The predicted molar refractivity (Wildman–Crippen MR) is 190 cm³/mol. The summed E-state index contributed by atoms with van der Waals surface area (Å²) in [5, 5.41) is 17.3. The number of rotatable bonds is 10. The average Bonchev–Trinajstić information content (AvgIpc) is 3.59. The molecule has 12 heteroatoms. The predicted octanol–water partition coefficient (Wildman–Crippen LogP) is 5.86. The van der Waals surface area contributed by atoms with Crippen LogP contribution in [0.15, 0.2) is 24.5 Å². The highest BCUT2D eigenvalue weighted by Gasteiger charge is 2.35. The maximum Gasteiger partial charge on any atom is 0.340 e. The van der Waals surface area contributed by atoms with Gasteiger partial charge >= 0.3 is 5.97 Å². The van der Waals surface area contributed by atoms with E-state index in [1.807, 2.05) is 20.8 Å². The zero-order valence-electron chi connectivity index (χ0n) is 29.4. The van der Waals surface area contributed by atoms with Crippen LogP contribution < -0.4 is 10.6 Å². The molecule has 11 nitrogen and oxygen atoms in total. The van der Waals surface area contributed by atoms with Crippen molar-refractivity contribution in [1.29, 1.82) is 0 Å². The number of nitrogens with one attached hydrogen (secondary N) is 3. The third kappa shape index (κ3) is 8.37. The van der Waals surface area contributed by atoms with Gasteiger partial charge in [-0.05, 0) is 94.9 Å². The lowest BCUT2D eigenvalue weighted by molar-refractivity contribution is -0.110. The molecule has 0 bridgehead atoms. The maximum atomic E-state index is 13.9. The normalized spacial score (nSPS) is 18.4. The highest BCUT2D eigenvalue weighted by Crippen LogP contribution is 2.38. The number of carbonyl (C=O) groups is 2. The minimum absolute atomic E-state index is 0.242. The van der Waals surface area contributed by atoms with Crippen LogP contribution in [-0.4, -0.2) is 93.2 Å². The van der Waals surface area contributed by atoms with Gasteiger partial charge in [-0.2, -0.15) is 0 Å². The van der Waals surface area contributed by atoms with E-state index in [2.05, 4.69) is 35.4 Å². The van der Waals surface area contributed by atoms with Crippen molar-refractivity contribution in [2.24, 2.45) is 0 Å². The number of aromatic nitrogens is 3. The number of benzene rings is 1. The molecule has 6 rings (SSSR count). The summed E-state index contributed by atoms with van der Waals surface area (Å²) in [5.74, 6) is -0.323. The van der Waals surface area contributed by atoms with E-state index in [1.165, 1.54) is 31.7 Å². The molecule has 2 aromatic heterocycles. The molecule has 3 aliphatic rings. The molecular weight excluding hydrogens is 625 g/mol. The number of fused-ring (bicyclic) bond motifs is 1. The number of aryl methyl sites for hydroxylation is 1. The fourth-order valence-corrected chi connectivity index (χ4v) is 6.91. The second-order valence-electron chi connectivity index (χ2n) is 12.9. The van der Waals surface area contributed by atoms with E-state index in [4.69, 9.17) is 4.74 Å². The Balaban J connectivity index is 0.00000230. The minimum atomic E-state index is -0.655. The number of ether oxygens (including phenoxy) is 1. The number of hydrogen-bond donors (Lipinski definition) is 4. The van der Waals surface area contributed by atoms with Crippen molar-refractivity contribution in [3.8, 4) is 0 Å². The molecule has 4 N–H and O–H groups in total. The lowest BCUT2D eigenvalue weighted by Gasteiger charge is -2.41. The van der Waals surface area contributed by atoms with Crippen molar-refractivity contribution in [1.82, 2.24) is 24.8 Å². The third-order valence-corrected chi connectivity index (χ3v) is 9.58. The van der Waals surface area contributed by atoms with Crippen molar-refractivity contribution < 1.29 is 23.8 Å². The summed E-state index contributed by atoms with van der Waals surface area (Å²) in [6, 6.07) is 4.65. The van der Waals surface area contributed by atoms with Gasteiger partial charge in [-0.15, -0.1) is 0 Å². The van der Waals surface area contributed by atoms with Gasteiger partial charge in [0.15, 0.2) is 0 Å². The number of amides is 1. The van der Waals surface area contributed by atoms with E-state index >= 15 is 0 Å². The van der Waals surface area contributed by atoms with E-state index < -0.39 is 11.6 Å². The number of aromatic amines is 1. The fraction of sp³-hybridized carbons (Fsp3) is 0.514. The number of anilines is 3. The van der Waals surface area contributed by atoms with Crippen molar-refractivity contribution >= 4 is 40.8 Å². The molecule has 0 aliphatic carbocycles. The molecule has 3 aromatic rings. The smallest absolute Gasteiger partial charge is 0.340 e. The van der Waals surface area contributed by atoms with Gasteiger partial charge in [0.25, 0.3) is 5.91 Å². The third-order valence-electron chi connectivity index (χ3n) is 9.58. The number of likely N-dealkylation sites (tertiary alicyclic amines) is 2. The van der Waals surface area contributed by atoms with Crippen molar-refractivity contribution in [2.45, 2.75) is 78.7 Å². The van der Waals surface area contributed by atoms with Crippen LogP contribution in [0.25, 0.3) is 11.6 Å². The van der Waals surface area contributed by atoms with E-state index in [-0.39, 0.29) is 18.3 Å². The van der Waals surface area contributed by atoms with Gasteiger partial charge in [-0.1, -0.05) is 20.3 Å². The number of nitrogens with zero attached hydrogens (tertiary/aromatic N) is 4. The number of carbonyl (C=O) groups excluding carboxylic acids is 2. The summed E-state index contributed by atoms with van der Waals surface area (Å²) in [5.41, 5.74) is 3.77. The van der Waals surface area contributed by atoms with Crippen LogP contribution in [0.2, 0.25) is 0 Å². The van der Waals surface area contributed by atoms with Crippen LogP contribution in [0, 0.1) is 19.7 Å². The number of β-amino-alcohol motifs (C(OH)–C–C–N with tert-alkyl or cyclic N) is 1. The first-order valence-corrected chi connectivity index (χ1v) is 17.6.